The van der Waals surface area contributed by atoms with E-state index in [2.05, 4.69) is 20.6 Å². The highest BCUT2D eigenvalue weighted by Gasteiger charge is 2.33. The molecule has 1 saturated carbocycles. The van der Waals surface area contributed by atoms with Crippen molar-refractivity contribution < 1.29 is 18.0 Å². The number of nitrogens with zero attached hydrogens (tertiary/aromatic N) is 2. The van der Waals surface area contributed by atoms with Crippen LogP contribution in [0.15, 0.2) is 36.7 Å². The lowest BCUT2D eigenvalue weighted by molar-refractivity contribution is -0.136. The van der Waals surface area contributed by atoms with E-state index in [-0.39, 0.29) is 11.3 Å². The van der Waals surface area contributed by atoms with Crippen LogP contribution in [0.2, 0.25) is 0 Å². The van der Waals surface area contributed by atoms with Gasteiger partial charge in [0.25, 0.3) is 5.91 Å². The number of rotatable bonds is 4. The minimum atomic E-state index is -4.55. The summed E-state index contributed by atoms with van der Waals surface area (Å²) < 4.78 is 39.1. The Morgan fingerprint density at radius 1 is 1.00 bits per heavy atom. The van der Waals surface area contributed by atoms with Gasteiger partial charge in [-0.3, -0.25) is 4.79 Å². The zero-order chi connectivity index (χ0) is 19.3. The number of hydrogen-bond donors (Lipinski definition) is 2. The van der Waals surface area contributed by atoms with Crippen LogP contribution in [-0.4, -0.2) is 21.9 Å². The SMILES string of the molecule is O=C(Nc1ccccc1C(F)(F)F)c1cnc(NC2CCCCCC2)nc1. The van der Waals surface area contributed by atoms with Gasteiger partial charge in [-0.25, -0.2) is 9.97 Å². The van der Waals surface area contributed by atoms with Crippen molar-refractivity contribution in [3.63, 3.8) is 0 Å². The molecular formula is C19H21F3N4O. The molecule has 1 aliphatic carbocycles. The van der Waals surface area contributed by atoms with E-state index in [0.29, 0.717) is 12.0 Å². The molecule has 0 bridgehead atoms. The molecule has 0 saturated heterocycles. The molecule has 1 fully saturated rings. The molecular weight excluding hydrogens is 357 g/mol. The fraction of sp³-hybridized carbons (Fsp3) is 0.421. The molecule has 1 aromatic heterocycles. The molecule has 0 aliphatic heterocycles. The number of carbonyl (C=O) groups is 1. The molecule has 144 valence electrons. The van der Waals surface area contributed by atoms with E-state index in [1.807, 2.05) is 0 Å². The highest BCUT2D eigenvalue weighted by atomic mass is 19.4. The first-order valence-corrected chi connectivity index (χ1v) is 8.99. The second-order valence-corrected chi connectivity index (χ2v) is 6.63. The second-order valence-electron chi connectivity index (χ2n) is 6.63. The Bertz CT molecular complexity index is 769. The normalized spacial score (nSPS) is 15.8. The Balaban J connectivity index is 1.66. The average molecular weight is 378 g/mol. The van der Waals surface area contributed by atoms with Gasteiger partial charge in [0.05, 0.1) is 16.8 Å². The largest absolute Gasteiger partial charge is 0.418 e. The van der Waals surface area contributed by atoms with Crippen molar-refractivity contribution in [2.75, 3.05) is 10.6 Å². The van der Waals surface area contributed by atoms with E-state index in [0.717, 1.165) is 31.7 Å². The zero-order valence-corrected chi connectivity index (χ0v) is 14.7. The third kappa shape index (κ3) is 5.18. The minimum absolute atomic E-state index is 0.0957. The van der Waals surface area contributed by atoms with Crippen LogP contribution in [0.3, 0.4) is 0 Å². The maximum atomic E-state index is 13.0. The van der Waals surface area contributed by atoms with Gasteiger partial charge in [-0.15, -0.1) is 0 Å². The van der Waals surface area contributed by atoms with Crippen LogP contribution < -0.4 is 10.6 Å². The molecule has 0 unspecified atom stereocenters. The summed E-state index contributed by atoms with van der Waals surface area (Å²) in [5, 5.41) is 5.55. The summed E-state index contributed by atoms with van der Waals surface area (Å²) in [6.07, 6.45) is 4.99. The van der Waals surface area contributed by atoms with Crippen LogP contribution in [-0.2, 0) is 6.18 Å². The van der Waals surface area contributed by atoms with Crippen molar-refractivity contribution >= 4 is 17.5 Å². The van der Waals surface area contributed by atoms with Gasteiger partial charge in [-0.2, -0.15) is 13.2 Å². The number of anilines is 2. The monoisotopic (exact) mass is 378 g/mol. The Morgan fingerprint density at radius 2 is 1.63 bits per heavy atom. The van der Waals surface area contributed by atoms with Gasteiger partial charge in [0.1, 0.15) is 0 Å². The number of nitrogens with one attached hydrogen (secondary N) is 2. The third-order valence-electron chi connectivity index (χ3n) is 4.58. The van der Waals surface area contributed by atoms with Crippen LogP contribution in [0.1, 0.15) is 54.4 Å². The number of carbonyl (C=O) groups excluding carboxylic acids is 1. The lowest BCUT2D eigenvalue weighted by Crippen LogP contribution is -2.21. The third-order valence-corrected chi connectivity index (χ3v) is 4.58. The van der Waals surface area contributed by atoms with Gasteiger partial charge in [-0.05, 0) is 25.0 Å². The van der Waals surface area contributed by atoms with Crippen LogP contribution >= 0.6 is 0 Å². The van der Waals surface area contributed by atoms with Gasteiger partial charge >= 0.3 is 6.18 Å². The summed E-state index contributed by atoms with van der Waals surface area (Å²) >= 11 is 0. The number of aromatic nitrogens is 2. The van der Waals surface area contributed by atoms with Crippen molar-refractivity contribution in [3.8, 4) is 0 Å². The molecule has 1 heterocycles. The van der Waals surface area contributed by atoms with Crippen LogP contribution in [0.4, 0.5) is 24.8 Å². The summed E-state index contributed by atoms with van der Waals surface area (Å²) in [7, 11) is 0. The quantitative estimate of drug-likeness (QED) is 0.744. The number of alkyl halides is 3. The van der Waals surface area contributed by atoms with E-state index in [9.17, 15) is 18.0 Å². The van der Waals surface area contributed by atoms with Crippen molar-refractivity contribution in [3.05, 3.63) is 47.8 Å². The average Bonchev–Trinajstić information content (AvgIpc) is 2.90. The Labute approximate surface area is 155 Å². The number of amides is 1. The van der Waals surface area contributed by atoms with E-state index in [1.54, 1.807) is 0 Å². The van der Waals surface area contributed by atoms with Crippen molar-refractivity contribution in [1.29, 1.82) is 0 Å². The molecule has 2 N–H and O–H groups in total. The predicted octanol–water partition coefficient (Wildman–Crippen LogP) is 4.88. The standard InChI is InChI=1S/C19H21F3N4O/c20-19(21,22)15-9-5-6-10-16(15)26-17(27)13-11-23-18(24-12-13)25-14-7-3-1-2-4-8-14/h5-6,9-12,14H,1-4,7-8H2,(H,26,27)(H,23,24,25). The lowest BCUT2D eigenvalue weighted by Gasteiger charge is -2.16. The van der Waals surface area contributed by atoms with Gasteiger partial charge < -0.3 is 10.6 Å². The first-order chi connectivity index (χ1) is 12.9. The molecule has 3 rings (SSSR count). The molecule has 2 aromatic rings. The maximum Gasteiger partial charge on any atom is 0.418 e. The van der Waals surface area contributed by atoms with E-state index < -0.39 is 17.6 Å². The minimum Gasteiger partial charge on any atom is -0.351 e. The zero-order valence-electron chi connectivity index (χ0n) is 14.7. The lowest BCUT2D eigenvalue weighted by atomic mass is 10.1. The smallest absolute Gasteiger partial charge is 0.351 e. The number of hydrogen-bond acceptors (Lipinski definition) is 4. The first-order valence-electron chi connectivity index (χ1n) is 8.99. The Hall–Kier alpha value is -2.64. The fourth-order valence-corrected chi connectivity index (χ4v) is 3.16. The molecule has 5 nitrogen and oxygen atoms in total. The van der Waals surface area contributed by atoms with E-state index in [4.69, 9.17) is 0 Å². The summed E-state index contributed by atoms with van der Waals surface area (Å²) in [5.41, 5.74) is -1.10. The summed E-state index contributed by atoms with van der Waals surface area (Å²) in [5.74, 6) is -0.262. The highest BCUT2D eigenvalue weighted by Crippen LogP contribution is 2.34. The fourth-order valence-electron chi connectivity index (χ4n) is 3.16. The Morgan fingerprint density at radius 3 is 2.26 bits per heavy atom. The Kier molecular flexibility index (Phi) is 5.93. The van der Waals surface area contributed by atoms with Crippen LogP contribution in [0, 0.1) is 0 Å². The van der Waals surface area contributed by atoms with E-state index >= 15 is 0 Å². The maximum absolute atomic E-state index is 13.0. The number of benzene rings is 1. The van der Waals surface area contributed by atoms with Crippen molar-refractivity contribution in [1.82, 2.24) is 9.97 Å². The first kappa shape index (κ1) is 19.1. The van der Waals surface area contributed by atoms with Gasteiger partial charge in [0.2, 0.25) is 5.95 Å². The summed E-state index contributed by atoms with van der Waals surface area (Å²) in [6.45, 7) is 0. The van der Waals surface area contributed by atoms with Crippen LogP contribution in [0.5, 0.6) is 0 Å². The molecule has 8 heteroatoms. The second kappa shape index (κ2) is 8.37. The highest BCUT2D eigenvalue weighted by molar-refractivity contribution is 6.04. The van der Waals surface area contributed by atoms with Gasteiger partial charge in [0.15, 0.2) is 0 Å². The number of halogens is 3. The predicted molar refractivity (Wildman–Crippen MR) is 96.5 cm³/mol. The summed E-state index contributed by atoms with van der Waals surface area (Å²) in [6, 6.07) is 5.15. The topological polar surface area (TPSA) is 66.9 Å². The van der Waals surface area contributed by atoms with Gasteiger partial charge in [-0.1, -0.05) is 37.8 Å². The van der Waals surface area contributed by atoms with Crippen molar-refractivity contribution in [2.24, 2.45) is 0 Å². The summed E-state index contributed by atoms with van der Waals surface area (Å²) in [4.78, 5) is 20.5. The van der Waals surface area contributed by atoms with Crippen molar-refractivity contribution in [2.45, 2.75) is 50.7 Å². The molecule has 1 aliphatic rings. The molecule has 0 radical (unpaired) electrons. The van der Waals surface area contributed by atoms with Crippen LogP contribution in [0.25, 0.3) is 0 Å². The molecule has 0 atom stereocenters. The molecule has 27 heavy (non-hydrogen) atoms. The molecule has 1 amide bonds. The molecule has 1 aromatic carbocycles. The number of para-hydroxylation sites is 1. The van der Waals surface area contributed by atoms with Gasteiger partial charge in [0, 0.05) is 18.4 Å². The van der Waals surface area contributed by atoms with E-state index in [1.165, 1.54) is 43.4 Å². The molecule has 0 spiro atoms.